The first kappa shape index (κ1) is 17.9. The summed E-state index contributed by atoms with van der Waals surface area (Å²) in [7, 11) is 1.56. The number of benzene rings is 1. The van der Waals surface area contributed by atoms with Crippen LogP contribution in [0.2, 0.25) is 0 Å². The fraction of sp³-hybridized carbons (Fsp3) is 0.476. The van der Waals surface area contributed by atoms with Crippen LogP contribution < -0.4 is 4.74 Å². The van der Waals surface area contributed by atoms with E-state index in [4.69, 9.17) is 9.47 Å². The minimum absolute atomic E-state index is 0.0877. The summed E-state index contributed by atoms with van der Waals surface area (Å²) in [5.41, 5.74) is 2.39. The van der Waals surface area contributed by atoms with Gasteiger partial charge in [0, 0.05) is 36.9 Å². The highest BCUT2D eigenvalue weighted by Crippen LogP contribution is 2.31. The Labute approximate surface area is 159 Å². The fourth-order valence-corrected chi connectivity index (χ4v) is 3.44. The molecule has 1 aliphatic carbocycles. The predicted molar refractivity (Wildman–Crippen MR) is 102 cm³/mol. The molecule has 142 valence electrons. The molecule has 2 aromatic rings. The van der Waals surface area contributed by atoms with Gasteiger partial charge in [0.2, 0.25) is 5.88 Å². The number of ether oxygens (including phenoxy) is 2. The summed E-state index contributed by atoms with van der Waals surface area (Å²) >= 11 is 0. The number of amides is 1. The van der Waals surface area contributed by atoms with Gasteiger partial charge in [-0.3, -0.25) is 4.79 Å². The largest absolute Gasteiger partial charge is 0.480 e. The Balaban J connectivity index is 1.47. The zero-order valence-electron chi connectivity index (χ0n) is 15.6. The first-order valence-electron chi connectivity index (χ1n) is 9.62. The van der Waals surface area contributed by atoms with Crippen molar-refractivity contribution in [2.24, 2.45) is 5.92 Å². The van der Waals surface area contributed by atoms with Crippen molar-refractivity contribution < 1.29 is 14.3 Å². The smallest absolute Gasteiger partial charge is 0.253 e. The van der Waals surface area contributed by atoms with Gasteiger partial charge in [-0.15, -0.1) is 10.2 Å². The van der Waals surface area contributed by atoms with Crippen LogP contribution in [-0.4, -0.2) is 53.9 Å². The average Bonchev–Trinajstić information content (AvgIpc) is 3.39. The quantitative estimate of drug-likeness (QED) is 0.752. The summed E-state index contributed by atoms with van der Waals surface area (Å²) in [6, 6.07) is 11.2. The van der Waals surface area contributed by atoms with Crippen LogP contribution >= 0.6 is 0 Å². The lowest BCUT2D eigenvalue weighted by molar-refractivity contribution is 0.0515. The molecule has 1 aromatic heterocycles. The number of methoxy groups -OCH3 is 1. The van der Waals surface area contributed by atoms with Crippen molar-refractivity contribution >= 4 is 5.91 Å². The lowest BCUT2D eigenvalue weighted by atomic mass is 10.1. The highest BCUT2D eigenvalue weighted by atomic mass is 16.5. The Bertz CT molecular complexity index is 766. The number of hydrogen-bond donors (Lipinski definition) is 0. The summed E-state index contributed by atoms with van der Waals surface area (Å²) in [6.07, 6.45) is 4.77. The number of carbonyl (C=O) groups is 1. The molecule has 6 nitrogen and oxygen atoms in total. The SMILES string of the molecule is COc1ccc(-c2ccc(C(=O)N(CC3CC3)C[C@@H]3CCCO3)cc2)nn1. The molecule has 1 aliphatic heterocycles. The Morgan fingerprint density at radius 1 is 1.11 bits per heavy atom. The summed E-state index contributed by atoms with van der Waals surface area (Å²) in [6.45, 7) is 2.35. The normalized spacial score (nSPS) is 19.1. The van der Waals surface area contributed by atoms with Crippen molar-refractivity contribution in [3.8, 4) is 17.1 Å². The third-order valence-electron chi connectivity index (χ3n) is 5.19. The van der Waals surface area contributed by atoms with Crippen molar-refractivity contribution in [3.63, 3.8) is 0 Å². The van der Waals surface area contributed by atoms with Gasteiger partial charge in [-0.25, -0.2) is 0 Å². The summed E-state index contributed by atoms with van der Waals surface area (Å²) < 4.78 is 10.8. The second kappa shape index (κ2) is 8.05. The predicted octanol–water partition coefficient (Wildman–Crippen LogP) is 3.18. The van der Waals surface area contributed by atoms with E-state index in [0.717, 1.165) is 37.3 Å². The molecule has 0 N–H and O–H groups in total. The molecule has 0 unspecified atom stereocenters. The van der Waals surface area contributed by atoms with E-state index in [2.05, 4.69) is 10.2 Å². The molecule has 1 atom stereocenters. The molecule has 0 radical (unpaired) electrons. The van der Waals surface area contributed by atoms with Crippen molar-refractivity contribution in [2.45, 2.75) is 31.8 Å². The van der Waals surface area contributed by atoms with Gasteiger partial charge in [0.1, 0.15) is 0 Å². The van der Waals surface area contributed by atoms with Crippen molar-refractivity contribution in [3.05, 3.63) is 42.0 Å². The Morgan fingerprint density at radius 2 is 1.93 bits per heavy atom. The van der Waals surface area contributed by atoms with Crippen LogP contribution in [0.1, 0.15) is 36.0 Å². The van der Waals surface area contributed by atoms with Gasteiger partial charge in [-0.05, 0) is 49.8 Å². The van der Waals surface area contributed by atoms with E-state index in [1.807, 2.05) is 35.2 Å². The van der Waals surface area contributed by atoms with Gasteiger partial charge in [0.05, 0.1) is 18.9 Å². The van der Waals surface area contributed by atoms with Crippen LogP contribution in [0, 0.1) is 5.92 Å². The number of carbonyl (C=O) groups excluding carboxylic acids is 1. The molecule has 1 amide bonds. The molecule has 2 fully saturated rings. The molecule has 1 saturated heterocycles. The highest BCUT2D eigenvalue weighted by Gasteiger charge is 2.30. The molecule has 6 heteroatoms. The first-order valence-corrected chi connectivity index (χ1v) is 9.62. The molecule has 2 aliphatic rings. The molecular formula is C21H25N3O3. The van der Waals surface area contributed by atoms with Gasteiger partial charge in [0.25, 0.3) is 5.91 Å². The lowest BCUT2D eigenvalue weighted by Crippen LogP contribution is -2.38. The van der Waals surface area contributed by atoms with Crippen LogP contribution in [0.25, 0.3) is 11.3 Å². The molecule has 27 heavy (non-hydrogen) atoms. The van der Waals surface area contributed by atoms with Gasteiger partial charge in [0.15, 0.2) is 0 Å². The fourth-order valence-electron chi connectivity index (χ4n) is 3.44. The molecular weight excluding hydrogens is 342 g/mol. The van der Waals surface area contributed by atoms with Crippen LogP contribution in [-0.2, 0) is 4.74 Å². The van der Waals surface area contributed by atoms with Crippen molar-refractivity contribution in [2.75, 3.05) is 26.8 Å². The van der Waals surface area contributed by atoms with Gasteiger partial charge >= 0.3 is 0 Å². The maximum atomic E-state index is 13.1. The van der Waals surface area contributed by atoms with Crippen LogP contribution in [0.3, 0.4) is 0 Å². The zero-order chi connectivity index (χ0) is 18.6. The van der Waals surface area contributed by atoms with E-state index < -0.39 is 0 Å². The second-order valence-corrected chi connectivity index (χ2v) is 7.33. The summed E-state index contributed by atoms with van der Waals surface area (Å²) in [5, 5.41) is 8.15. The number of rotatable bonds is 7. The van der Waals surface area contributed by atoms with Crippen molar-refractivity contribution in [1.82, 2.24) is 15.1 Å². The van der Waals surface area contributed by atoms with Gasteiger partial charge < -0.3 is 14.4 Å². The standard InChI is InChI=1S/C21H25N3O3/c1-26-20-11-10-19(22-23-20)16-6-8-17(9-7-16)21(25)24(13-15-4-5-15)14-18-3-2-12-27-18/h6-11,15,18H,2-5,12-14H2,1H3/t18-/m0/s1. The van der Waals surface area contributed by atoms with E-state index in [1.54, 1.807) is 13.2 Å². The van der Waals surface area contributed by atoms with E-state index in [1.165, 1.54) is 12.8 Å². The minimum Gasteiger partial charge on any atom is -0.480 e. The van der Waals surface area contributed by atoms with Crippen LogP contribution in [0.15, 0.2) is 36.4 Å². The lowest BCUT2D eigenvalue weighted by Gasteiger charge is -2.25. The number of aromatic nitrogens is 2. The van der Waals surface area contributed by atoms with Crippen LogP contribution in [0.4, 0.5) is 0 Å². The second-order valence-electron chi connectivity index (χ2n) is 7.33. The summed E-state index contributed by atoms with van der Waals surface area (Å²) in [5.74, 6) is 1.23. The zero-order valence-corrected chi connectivity index (χ0v) is 15.6. The van der Waals surface area contributed by atoms with E-state index in [0.29, 0.717) is 23.9 Å². The third kappa shape index (κ3) is 4.45. The molecule has 1 saturated carbocycles. The maximum absolute atomic E-state index is 13.1. The van der Waals surface area contributed by atoms with Crippen molar-refractivity contribution in [1.29, 1.82) is 0 Å². The Hall–Kier alpha value is -2.47. The molecule has 4 rings (SSSR count). The number of nitrogens with zero attached hydrogens (tertiary/aromatic N) is 3. The Morgan fingerprint density at radius 3 is 2.52 bits per heavy atom. The van der Waals surface area contributed by atoms with E-state index in [9.17, 15) is 4.79 Å². The average molecular weight is 367 g/mol. The highest BCUT2D eigenvalue weighted by molar-refractivity contribution is 5.94. The monoisotopic (exact) mass is 367 g/mol. The molecule has 1 aromatic carbocycles. The summed E-state index contributed by atoms with van der Waals surface area (Å²) in [4.78, 5) is 15.0. The Kier molecular flexibility index (Phi) is 5.34. The van der Waals surface area contributed by atoms with Crippen LogP contribution in [0.5, 0.6) is 5.88 Å². The molecule has 0 spiro atoms. The van der Waals surface area contributed by atoms with E-state index in [-0.39, 0.29) is 12.0 Å². The van der Waals surface area contributed by atoms with E-state index >= 15 is 0 Å². The number of hydrogen-bond acceptors (Lipinski definition) is 5. The topological polar surface area (TPSA) is 64.5 Å². The third-order valence-corrected chi connectivity index (χ3v) is 5.19. The molecule has 2 heterocycles. The first-order chi connectivity index (χ1) is 13.2. The maximum Gasteiger partial charge on any atom is 0.253 e. The van der Waals surface area contributed by atoms with Gasteiger partial charge in [-0.1, -0.05) is 12.1 Å². The minimum atomic E-state index is 0.0877. The molecule has 0 bridgehead atoms. The van der Waals surface area contributed by atoms with Gasteiger partial charge in [-0.2, -0.15) is 0 Å².